The zero-order valence-electron chi connectivity index (χ0n) is 12.4. The summed E-state index contributed by atoms with van der Waals surface area (Å²) in [6.45, 7) is 10.9. The number of nitrogens with one attached hydrogen (secondary N) is 2. The lowest BCUT2D eigenvalue weighted by molar-refractivity contribution is 0.493. The lowest BCUT2D eigenvalue weighted by atomic mass is 10.0. The van der Waals surface area contributed by atoms with Crippen LogP contribution in [0.25, 0.3) is 0 Å². The maximum absolute atomic E-state index is 4.58. The van der Waals surface area contributed by atoms with Gasteiger partial charge in [-0.1, -0.05) is 34.1 Å². The second-order valence-corrected chi connectivity index (χ2v) is 5.22. The highest BCUT2D eigenvalue weighted by Crippen LogP contribution is 2.19. The van der Waals surface area contributed by atoms with Gasteiger partial charge in [-0.25, -0.2) is 9.97 Å². The van der Waals surface area contributed by atoms with E-state index in [-0.39, 0.29) is 0 Å². The van der Waals surface area contributed by atoms with E-state index < -0.39 is 0 Å². The number of anilines is 2. The standard InChI is InChI=1S/C14H26N4/c1-7-10(4)11(5)16-13-8-12(15-6)17-14(18-13)9(2)3/h8-11H,7H2,1-6H3,(H2,15,16,17,18). The van der Waals surface area contributed by atoms with Gasteiger partial charge in [-0.2, -0.15) is 0 Å². The predicted octanol–water partition coefficient (Wildman–Crippen LogP) is 3.49. The van der Waals surface area contributed by atoms with Crippen LogP contribution in [0, 0.1) is 5.92 Å². The van der Waals surface area contributed by atoms with E-state index in [4.69, 9.17) is 0 Å². The molecule has 1 heterocycles. The molecule has 0 amide bonds. The highest BCUT2D eigenvalue weighted by molar-refractivity contribution is 5.48. The lowest BCUT2D eigenvalue weighted by Crippen LogP contribution is -2.24. The summed E-state index contributed by atoms with van der Waals surface area (Å²) in [5.74, 6) is 3.61. The molecular weight excluding hydrogens is 224 g/mol. The monoisotopic (exact) mass is 250 g/mol. The highest BCUT2D eigenvalue weighted by Gasteiger charge is 2.13. The Kier molecular flexibility index (Phi) is 5.38. The zero-order valence-corrected chi connectivity index (χ0v) is 12.4. The van der Waals surface area contributed by atoms with Crippen molar-refractivity contribution >= 4 is 11.6 Å². The van der Waals surface area contributed by atoms with Crippen molar-refractivity contribution in [2.45, 2.75) is 53.0 Å². The third-order valence-corrected chi connectivity index (χ3v) is 3.39. The molecule has 2 unspecified atom stereocenters. The first-order chi connectivity index (χ1) is 8.47. The Balaban J connectivity index is 2.91. The van der Waals surface area contributed by atoms with Crippen LogP contribution in [-0.4, -0.2) is 23.1 Å². The third-order valence-electron chi connectivity index (χ3n) is 3.39. The molecule has 2 N–H and O–H groups in total. The summed E-state index contributed by atoms with van der Waals surface area (Å²) in [4.78, 5) is 9.04. The zero-order chi connectivity index (χ0) is 13.7. The first-order valence-corrected chi connectivity index (χ1v) is 6.81. The van der Waals surface area contributed by atoms with Crippen LogP contribution in [0.15, 0.2) is 6.07 Å². The van der Waals surface area contributed by atoms with Gasteiger partial charge in [0, 0.05) is 25.1 Å². The molecule has 0 saturated heterocycles. The Bertz CT molecular complexity index is 376. The number of aromatic nitrogens is 2. The Hall–Kier alpha value is -1.32. The van der Waals surface area contributed by atoms with Crippen LogP contribution in [0.2, 0.25) is 0 Å². The largest absolute Gasteiger partial charge is 0.373 e. The molecule has 18 heavy (non-hydrogen) atoms. The lowest BCUT2D eigenvalue weighted by Gasteiger charge is -2.21. The van der Waals surface area contributed by atoms with Crippen LogP contribution < -0.4 is 10.6 Å². The minimum atomic E-state index is 0.331. The van der Waals surface area contributed by atoms with E-state index in [1.54, 1.807) is 0 Å². The van der Waals surface area contributed by atoms with Gasteiger partial charge >= 0.3 is 0 Å². The van der Waals surface area contributed by atoms with Gasteiger partial charge in [-0.3, -0.25) is 0 Å². The summed E-state index contributed by atoms with van der Waals surface area (Å²) < 4.78 is 0. The molecular formula is C14H26N4. The van der Waals surface area contributed by atoms with Gasteiger partial charge in [-0.15, -0.1) is 0 Å². The normalized spacial score (nSPS) is 14.4. The van der Waals surface area contributed by atoms with E-state index >= 15 is 0 Å². The van der Waals surface area contributed by atoms with Crippen molar-refractivity contribution < 1.29 is 0 Å². The van der Waals surface area contributed by atoms with Gasteiger partial charge in [0.2, 0.25) is 0 Å². The number of nitrogens with zero attached hydrogens (tertiary/aromatic N) is 2. The molecule has 0 fully saturated rings. The Labute approximate surface area is 111 Å². The molecule has 0 aliphatic heterocycles. The molecule has 0 spiro atoms. The minimum absolute atomic E-state index is 0.331. The molecule has 0 aromatic carbocycles. The summed E-state index contributed by atoms with van der Waals surface area (Å²) in [5.41, 5.74) is 0. The average Bonchev–Trinajstić information content (AvgIpc) is 2.36. The van der Waals surface area contributed by atoms with Crippen molar-refractivity contribution in [1.82, 2.24) is 9.97 Å². The quantitative estimate of drug-likeness (QED) is 0.811. The molecule has 4 nitrogen and oxygen atoms in total. The molecule has 0 bridgehead atoms. The molecule has 102 valence electrons. The summed E-state index contributed by atoms with van der Waals surface area (Å²) >= 11 is 0. The molecule has 0 saturated carbocycles. The predicted molar refractivity (Wildman–Crippen MR) is 78.2 cm³/mol. The fraction of sp³-hybridized carbons (Fsp3) is 0.714. The van der Waals surface area contributed by atoms with E-state index in [9.17, 15) is 0 Å². The van der Waals surface area contributed by atoms with Crippen LogP contribution >= 0.6 is 0 Å². The van der Waals surface area contributed by atoms with Crippen LogP contribution in [0.1, 0.15) is 52.8 Å². The van der Waals surface area contributed by atoms with Gasteiger partial charge in [0.15, 0.2) is 0 Å². The van der Waals surface area contributed by atoms with E-state index in [2.05, 4.69) is 55.2 Å². The maximum Gasteiger partial charge on any atom is 0.135 e. The molecule has 4 heteroatoms. The fourth-order valence-electron chi connectivity index (χ4n) is 1.66. The van der Waals surface area contributed by atoms with E-state index in [0.29, 0.717) is 17.9 Å². The third kappa shape index (κ3) is 3.86. The van der Waals surface area contributed by atoms with Crippen molar-refractivity contribution in [3.63, 3.8) is 0 Å². The van der Waals surface area contributed by atoms with Crippen LogP contribution in [0.4, 0.5) is 11.6 Å². The topological polar surface area (TPSA) is 49.8 Å². The minimum Gasteiger partial charge on any atom is -0.373 e. The molecule has 2 atom stereocenters. The first-order valence-electron chi connectivity index (χ1n) is 6.81. The van der Waals surface area contributed by atoms with Gasteiger partial charge in [0.05, 0.1) is 0 Å². The van der Waals surface area contributed by atoms with Gasteiger partial charge in [0.1, 0.15) is 17.5 Å². The van der Waals surface area contributed by atoms with Gasteiger partial charge < -0.3 is 10.6 Å². The molecule has 1 aromatic heterocycles. The smallest absolute Gasteiger partial charge is 0.135 e. The fourth-order valence-corrected chi connectivity index (χ4v) is 1.66. The molecule has 0 aliphatic carbocycles. The Morgan fingerprint density at radius 1 is 1.11 bits per heavy atom. The van der Waals surface area contributed by atoms with Gasteiger partial charge in [0.25, 0.3) is 0 Å². The Morgan fingerprint density at radius 2 is 1.72 bits per heavy atom. The highest BCUT2D eigenvalue weighted by atomic mass is 15.1. The van der Waals surface area contributed by atoms with Crippen molar-refractivity contribution in [2.75, 3.05) is 17.7 Å². The molecule has 1 aromatic rings. The van der Waals surface area contributed by atoms with Crippen molar-refractivity contribution in [3.05, 3.63) is 11.9 Å². The van der Waals surface area contributed by atoms with Crippen molar-refractivity contribution in [1.29, 1.82) is 0 Å². The summed E-state index contributed by atoms with van der Waals surface area (Å²) in [5, 5.41) is 6.56. The van der Waals surface area contributed by atoms with Gasteiger partial charge in [-0.05, 0) is 12.8 Å². The molecule has 0 radical (unpaired) electrons. The van der Waals surface area contributed by atoms with Crippen LogP contribution in [0.5, 0.6) is 0 Å². The summed E-state index contributed by atoms with van der Waals surface area (Å²) in [6.07, 6.45) is 1.16. The van der Waals surface area contributed by atoms with E-state index in [1.807, 2.05) is 13.1 Å². The van der Waals surface area contributed by atoms with Crippen molar-refractivity contribution in [3.8, 4) is 0 Å². The van der Waals surface area contributed by atoms with E-state index in [0.717, 1.165) is 23.9 Å². The first kappa shape index (κ1) is 14.7. The molecule has 0 aliphatic rings. The maximum atomic E-state index is 4.58. The number of rotatable bonds is 6. The second-order valence-electron chi connectivity index (χ2n) is 5.22. The van der Waals surface area contributed by atoms with E-state index in [1.165, 1.54) is 0 Å². The average molecular weight is 250 g/mol. The number of hydrogen-bond acceptors (Lipinski definition) is 4. The second kappa shape index (κ2) is 6.57. The molecule has 1 rings (SSSR count). The summed E-state index contributed by atoms with van der Waals surface area (Å²) in [7, 11) is 1.88. The van der Waals surface area contributed by atoms with Crippen LogP contribution in [0.3, 0.4) is 0 Å². The van der Waals surface area contributed by atoms with Crippen LogP contribution in [-0.2, 0) is 0 Å². The van der Waals surface area contributed by atoms with Crippen molar-refractivity contribution in [2.24, 2.45) is 5.92 Å². The SMILES string of the molecule is CCC(C)C(C)Nc1cc(NC)nc(C(C)C)n1. The Morgan fingerprint density at radius 3 is 2.22 bits per heavy atom. The summed E-state index contributed by atoms with van der Waals surface area (Å²) in [6, 6.07) is 2.37. The number of hydrogen-bond donors (Lipinski definition) is 2.